The summed E-state index contributed by atoms with van der Waals surface area (Å²) < 4.78 is 11.6. The number of carbonyl (C=O) groups is 2. The summed E-state index contributed by atoms with van der Waals surface area (Å²) in [7, 11) is 0. The van der Waals surface area contributed by atoms with E-state index in [9.17, 15) is 19.7 Å². The lowest BCUT2D eigenvalue weighted by atomic mass is 9.85. The molecule has 4 atom stereocenters. The van der Waals surface area contributed by atoms with Gasteiger partial charge in [0.1, 0.15) is 23.9 Å². The van der Waals surface area contributed by atoms with Crippen LogP contribution >= 0.6 is 0 Å². The molecule has 2 amide bonds. The minimum Gasteiger partial charge on any atom is -0.489 e. The number of amides is 2. The van der Waals surface area contributed by atoms with Crippen LogP contribution in [0.1, 0.15) is 12.0 Å². The van der Waals surface area contributed by atoms with Crippen LogP contribution in [0.15, 0.2) is 84.9 Å². The zero-order chi connectivity index (χ0) is 24.8. The molecule has 0 radical (unpaired) electrons. The van der Waals surface area contributed by atoms with Crippen LogP contribution < -0.4 is 14.4 Å². The fraction of sp³-hybridized carbons (Fsp3) is 0.214. The second-order valence-electron chi connectivity index (χ2n) is 9.29. The van der Waals surface area contributed by atoms with E-state index in [1.165, 1.54) is 17.0 Å². The summed E-state index contributed by atoms with van der Waals surface area (Å²) in [5.74, 6) is 1.51. The molecule has 0 spiro atoms. The number of anilines is 1. The van der Waals surface area contributed by atoms with E-state index in [1.54, 1.807) is 48.5 Å². The monoisotopic (exact) mass is 482 g/mol. The van der Waals surface area contributed by atoms with Gasteiger partial charge in [-0.05, 0) is 72.4 Å². The van der Waals surface area contributed by atoms with Gasteiger partial charge in [-0.1, -0.05) is 24.3 Å². The zero-order valence-corrected chi connectivity index (χ0v) is 19.2. The van der Waals surface area contributed by atoms with E-state index in [2.05, 4.69) is 12.2 Å². The summed E-state index contributed by atoms with van der Waals surface area (Å²) >= 11 is 0. The summed E-state index contributed by atoms with van der Waals surface area (Å²) in [4.78, 5) is 37.6. The Morgan fingerprint density at radius 2 is 1.31 bits per heavy atom. The van der Waals surface area contributed by atoms with E-state index in [0.29, 0.717) is 29.5 Å². The number of rotatable bonds is 7. The largest absolute Gasteiger partial charge is 0.489 e. The average molecular weight is 482 g/mol. The summed E-state index contributed by atoms with van der Waals surface area (Å²) in [5, 5.41) is 10.8. The van der Waals surface area contributed by atoms with Crippen LogP contribution in [0.2, 0.25) is 0 Å². The lowest BCUT2D eigenvalue weighted by Crippen LogP contribution is -2.32. The Morgan fingerprint density at radius 3 is 1.86 bits per heavy atom. The molecular formula is C28H22N2O6. The molecule has 0 aromatic heterocycles. The number of non-ortho nitro benzene ring substituents is 1. The molecule has 0 N–H and O–H groups in total. The molecule has 3 aromatic rings. The second kappa shape index (κ2) is 8.64. The normalized spacial score (nSPS) is 23.7. The molecule has 36 heavy (non-hydrogen) atoms. The lowest BCUT2D eigenvalue weighted by Gasteiger charge is -2.17. The van der Waals surface area contributed by atoms with Crippen LogP contribution in [0.3, 0.4) is 0 Å². The molecule has 2 bridgehead atoms. The van der Waals surface area contributed by atoms with Crippen molar-refractivity contribution in [2.75, 3.05) is 4.90 Å². The predicted octanol–water partition coefficient (Wildman–Crippen LogP) is 5.28. The van der Waals surface area contributed by atoms with E-state index < -0.39 is 4.92 Å². The Labute approximate surface area is 206 Å². The van der Waals surface area contributed by atoms with Gasteiger partial charge in [-0.25, -0.2) is 0 Å². The van der Waals surface area contributed by atoms with Crippen molar-refractivity contribution in [1.82, 2.24) is 0 Å². The number of nitro benzene ring substituents is 1. The van der Waals surface area contributed by atoms with Crippen LogP contribution in [0.5, 0.6) is 17.2 Å². The van der Waals surface area contributed by atoms with Gasteiger partial charge in [0, 0.05) is 12.1 Å². The van der Waals surface area contributed by atoms with Crippen molar-refractivity contribution in [3.05, 3.63) is 101 Å². The van der Waals surface area contributed by atoms with Gasteiger partial charge in [0.25, 0.3) is 5.69 Å². The fourth-order valence-corrected chi connectivity index (χ4v) is 5.44. The highest BCUT2D eigenvalue weighted by molar-refractivity contribution is 6.22. The first-order valence-electron chi connectivity index (χ1n) is 11.8. The fourth-order valence-electron chi connectivity index (χ4n) is 5.44. The number of hydrogen-bond donors (Lipinski definition) is 0. The van der Waals surface area contributed by atoms with Crippen molar-refractivity contribution in [2.24, 2.45) is 23.7 Å². The molecule has 1 heterocycles. The number of benzene rings is 3. The van der Waals surface area contributed by atoms with Gasteiger partial charge in [-0.3, -0.25) is 24.6 Å². The summed E-state index contributed by atoms with van der Waals surface area (Å²) in [6.45, 7) is 0.331. The number of fused-ring (bicyclic) bond motifs is 5. The van der Waals surface area contributed by atoms with Crippen LogP contribution in [0.4, 0.5) is 11.4 Å². The topological polar surface area (TPSA) is 99.0 Å². The van der Waals surface area contributed by atoms with Crippen molar-refractivity contribution in [1.29, 1.82) is 0 Å². The van der Waals surface area contributed by atoms with E-state index in [4.69, 9.17) is 9.47 Å². The van der Waals surface area contributed by atoms with Crippen LogP contribution in [0.25, 0.3) is 0 Å². The van der Waals surface area contributed by atoms with Crippen molar-refractivity contribution in [3.63, 3.8) is 0 Å². The smallest absolute Gasteiger partial charge is 0.269 e. The minimum absolute atomic E-state index is 0.00765. The first-order chi connectivity index (χ1) is 17.5. The molecule has 3 aromatic carbocycles. The third-order valence-corrected chi connectivity index (χ3v) is 7.18. The number of hydrogen-bond acceptors (Lipinski definition) is 6. The highest BCUT2D eigenvalue weighted by atomic mass is 16.6. The van der Waals surface area contributed by atoms with E-state index in [-0.39, 0.29) is 41.2 Å². The van der Waals surface area contributed by atoms with Gasteiger partial charge in [-0.15, -0.1) is 0 Å². The summed E-state index contributed by atoms with van der Waals surface area (Å²) in [5.41, 5.74) is 1.52. The molecular weight excluding hydrogens is 460 g/mol. The molecule has 1 saturated heterocycles. The summed E-state index contributed by atoms with van der Waals surface area (Å²) in [6, 6.07) is 20.3. The van der Waals surface area contributed by atoms with Gasteiger partial charge in [0.15, 0.2) is 0 Å². The molecule has 0 unspecified atom stereocenters. The first-order valence-corrected chi connectivity index (χ1v) is 11.8. The molecule has 1 saturated carbocycles. The van der Waals surface area contributed by atoms with Gasteiger partial charge in [0.05, 0.1) is 22.4 Å². The van der Waals surface area contributed by atoms with E-state index >= 15 is 0 Å². The number of carbonyl (C=O) groups excluding carboxylic acids is 2. The van der Waals surface area contributed by atoms with Gasteiger partial charge in [-0.2, -0.15) is 0 Å². The van der Waals surface area contributed by atoms with Crippen molar-refractivity contribution in [3.8, 4) is 17.2 Å². The standard InChI is InChI=1S/C28H22N2O6/c31-27-25-18-3-4-19(15-18)26(25)28(32)29(27)20-5-11-22(12-6-20)35-16-17-1-9-23(10-2-17)36-24-13-7-21(8-14-24)30(33)34/h1-14,18-19,25-26H,15-16H2/t18-,19+,25-,26-/m0/s1. The van der Waals surface area contributed by atoms with Crippen molar-refractivity contribution in [2.45, 2.75) is 13.0 Å². The van der Waals surface area contributed by atoms with Gasteiger partial charge in [0.2, 0.25) is 11.8 Å². The van der Waals surface area contributed by atoms with E-state index in [0.717, 1.165) is 12.0 Å². The number of imide groups is 1. The number of nitrogens with zero attached hydrogens (tertiary/aromatic N) is 2. The molecule has 1 aliphatic heterocycles. The third-order valence-electron chi connectivity index (χ3n) is 7.18. The number of allylic oxidation sites excluding steroid dienone is 2. The maximum Gasteiger partial charge on any atom is 0.269 e. The SMILES string of the molecule is O=C1[C@@H]2[C@@H](C(=O)N1c1ccc(OCc3ccc(Oc4ccc([N+](=O)[O-])cc4)cc3)cc1)[C@H]1C=C[C@@H]2C1. The van der Waals surface area contributed by atoms with Crippen LogP contribution in [-0.4, -0.2) is 16.7 Å². The van der Waals surface area contributed by atoms with Crippen molar-refractivity contribution >= 4 is 23.2 Å². The lowest BCUT2D eigenvalue weighted by molar-refractivity contribution is -0.384. The van der Waals surface area contributed by atoms with Crippen LogP contribution in [-0.2, 0) is 16.2 Å². The minimum atomic E-state index is -0.455. The maximum absolute atomic E-state index is 13.0. The average Bonchev–Trinajstić information content (AvgIpc) is 3.58. The Balaban J connectivity index is 1.05. The molecule has 2 fully saturated rings. The molecule has 8 nitrogen and oxygen atoms in total. The van der Waals surface area contributed by atoms with Crippen molar-refractivity contribution < 1.29 is 24.0 Å². The first kappa shape index (κ1) is 22.0. The maximum atomic E-state index is 13.0. The second-order valence-corrected chi connectivity index (χ2v) is 9.29. The Bertz CT molecular complexity index is 1330. The van der Waals surface area contributed by atoms with Gasteiger partial charge < -0.3 is 9.47 Å². The third kappa shape index (κ3) is 3.80. The molecule has 2 aliphatic carbocycles. The number of nitro groups is 1. The molecule has 8 heteroatoms. The predicted molar refractivity (Wildman–Crippen MR) is 131 cm³/mol. The highest BCUT2D eigenvalue weighted by Gasteiger charge is 2.59. The van der Waals surface area contributed by atoms with Crippen LogP contribution in [0, 0.1) is 33.8 Å². The molecule has 3 aliphatic rings. The highest BCUT2D eigenvalue weighted by Crippen LogP contribution is 2.53. The Morgan fingerprint density at radius 1 is 0.778 bits per heavy atom. The van der Waals surface area contributed by atoms with E-state index in [1.807, 2.05) is 12.1 Å². The molecule has 6 rings (SSSR count). The Kier molecular flexibility index (Phi) is 5.29. The number of ether oxygens (including phenoxy) is 2. The zero-order valence-electron chi connectivity index (χ0n) is 19.2. The summed E-state index contributed by atoms with van der Waals surface area (Å²) in [6.07, 6.45) is 5.09. The van der Waals surface area contributed by atoms with Gasteiger partial charge >= 0.3 is 0 Å². The quantitative estimate of drug-likeness (QED) is 0.197. The molecule has 180 valence electrons. The Hall–Kier alpha value is -4.46.